The number of likely N-dealkylation sites (tertiary alicyclic amines) is 1. The number of hydrogen-bond acceptors (Lipinski definition) is 7. The third-order valence-corrected chi connectivity index (χ3v) is 9.06. The molecule has 2 saturated heterocycles. The second-order valence-electron chi connectivity index (χ2n) is 9.11. The zero-order valence-electron chi connectivity index (χ0n) is 18.7. The molecule has 2 fully saturated rings. The van der Waals surface area contributed by atoms with Crippen LogP contribution in [0.15, 0.2) is 51.9 Å². The second kappa shape index (κ2) is 8.39. The van der Waals surface area contributed by atoms with E-state index in [1.165, 1.54) is 16.4 Å². The zero-order valence-corrected chi connectivity index (χ0v) is 19.5. The zero-order chi connectivity index (χ0) is 23.3. The minimum absolute atomic E-state index is 0.157. The summed E-state index contributed by atoms with van der Waals surface area (Å²) in [5.41, 5.74) is 1.94. The fourth-order valence-corrected chi connectivity index (χ4v) is 7.05. The Kier molecular flexibility index (Phi) is 5.45. The fraction of sp³-hybridized carbons (Fsp3) is 0.458. The molecular formula is C24H26FN3O5S. The minimum atomic E-state index is -3.63. The molecule has 1 spiro atoms. The van der Waals surface area contributed by atoms with E-state index >= 15 is 0 Å². The van der Waals surface area contributed by atoms with Gasteiger partial charge in [-0.3, -0.25) is 0 Å². The van der Waals surface area contributed by atoms with Crippen molar-refractivity contribution in [2.75, 3.05) is 45.9 Å². The van der Waals surface area contributed by atoms with Gasteiger partial charge in [0.25, 0.3) is 0 Å². The average molecular weight is 488 g/mol. The smallest absolute Gasteiger partial charge is 0.243 e. The van der Waals surface area contributed by atoms with Crippen LogP contribution in [0.3, 0.4) is 0 Å². The maximum Gasteiger partial charge on any atom is 0.243 e. The molecule has 2 aromatic carbocycles. The summed E-state index contributed by atoms with van der Waals surface area (Å²) in [6.45, 7) is 3.67. The number of piperidine rings is 1. The summed E-state index contributed by atoms with van der Waals surface area (Å²) < 4.78 is 58.8. The Bertz CT molecular complexity index is 1310. The number of hydrogen-bond donors (Lipinski definition) is 0. The van der Waals surface area contributed by atoms with Gasteiger partial charge < -0.3 is 18.9 Å². The van der Waals surface area contributed by atoms with Crippen LogP contribution in [0.25, 0.3) is 11.0 Å². The molecule has 3 aliphatic heterocycles. The first kappa shape index (κ1) is 22.1. The number of rotatable bonds is 4. The molecule has 0 atom stereocenters. The number of sulfonamides is 1. The third-order valence-electron chi connectivity index (χ3n) is 7.16. The van der Waals surface area contributed by atoms with Crippen molar-refractivity contribution < 1.29 is 26.8 Å². The molecule has 0 N–H and O–H groups in total. The average Bonchev–Trinajstić information content (AvgIpc) is 3.49. The van der Waals surface area contributed by atoms with Gasteiger partial charge in [-0.25, -0.2) is 12.8 Å². The van der Waals surface area contributed by atoms with Crippen molar-refractivity contribution in [1.82, 2.24) is 14.4 Å². The molecule has 10 heteroatoms. The number of nitrogens with zero attached hydrogens (tertiary/aromatic N) is 3. The van der Waals surface area contributed by atoms with Crippen LogP contribution in [0.4, 0.5) is 4.39 Å². The predicted octanol–water partition coefficient (Wildman–Crippen LogP) is 3.05. The molecule has 180 valence electrons. The lowest BCUT2D eigenvalue weighted by Crippen LogP contribution is -2.52. The summed E-state index contributed by atoms with van der Waals surface area (Å²) in [6, 6.07) is 11.5. The third kappa shape index (κ3) is 3.64. The maximum absolute atomic E-state index is 13.5. The monoisotopic (exact) mass is 487 g/mol. The standard InChI is InChI=1S/C24H26FN3O5S/c25-18-5-6-19-21(15-18)33-26-23(19)17-7-9-27(10-8-17)11-12-28-16-24(31-13-14-32-24)20-3-1-2-4-22(20)34(28,29)30/h1-6,15,17H,7-14,16H2. The van der Waals surface area contributed by atoms with Gasteiger partial charge in [0.05, 0.1) is 30.3 Å². The van der Waals surface area contributed by atoms with Gasteiger partial charge in [0.15, 0.2) is 5.58 Å². The highest BCUT2D eigenvalue weighted by atomic mass is 32.2. The first-order valence-corrected chi connectivity index (χ1v) is 13.1. The molecule has 0 unspecified atom stereocenters. The van der Waals surface area contributed by atoms with Gasteiger partial charge in [0, 0.05) is 36.0 Å². The molecule has 0 amide bonds. The molecule has 0 aliphatic carbocycles. The van der Waals surface area contributed by atoms with Gasteiger partial charge in [-0.15, -0.1) is 0 Å². The summed E-state index contributed by atoms with van der Waals surface area (Å²) in [4.78, 5) is 2.54. The highest BCUT2D eigenvalue weighted by Crippen LogP contribution is 2.42. The molecule has 0 bridgehead atoms. The highest BCUT2D eigenvalue weighted by Gasteiger charge is 2.50. The Morgan fingerprint density at radius 3 is 2.62 bits per heavy atom. The predicted molar refractivity (Wildman–Crippen MR) is 121 cm³/mol. The van der Waals surface area contributed by atoms with E-state index in [2.05, 4.69) is 10.1 Å². The Morgan fingerprint density at radius 2 is 1.82 bits per heavy atom. The lowest BCUT2D eigenvalue weighted by molar-refractivity contribution is -0.176. The van der Waals surface area contributed by atoms with E-state index < -0.39 is 15.8 Å². The first-order chi connectivity index (χ1) is 16.5. The fourth-order valence-electron chi connectivity index (χ4n) is 5.36. The van der Waals surface area contributed by atoms with Crippen LogP contribution >= 0.6 is 0 Å². The minimum Gasteiger partial charge on any atom is -0.356 e. The summed E-state index contributed by atoms with van der Waals surface area (Å²) in [7, 11) is -3.63. The number of aromatic nitrogens is 1. The number of halogens is 1. The van der Waals surface area contributed by atoms with E-state index in [1.54, 1.807) is 24.3 Å². The SMILES string of the molecule is O=S1(=O)c2ccccc2C2(CN1CCN1CCC(c3noc4cc(F)ccc34)CC1)OCCO2. The Labute approximate surface area is 197 Å². The van der Waals surface area contributed by atoms with Crippen LogP contribution in [-0.2, 0) is 25.3 Å². The lowest BCUT2D eigenvalue weighted by atomic mass is 9.91. The van der Waals surface area contributed by atoms with Crippen molar-refractivity contribution in [3.8, 4) is 0 Å². The van der Waals surface area contributed by atoms with Crippen LogP contribution in [-0.4, -0.2) is 68.7 Å². The van der Waals surface area contributed by atoms with Crippen LogP contribution in [0, 0.1) is 5.82 Å². The van der Waals surface area contributed by atoms with Crippen molar-refractivity contribution in [3.05, 3.63) is 59.5 Å². The number of ether oxygens (including phenoxy) is 2. The van der Waals surface area contributed by atoms with Gasteiger partial charge in [-0.05, 0) is 44.1 Å². The van der Waals surface area contributed by atoms with E-state index in [0.29, 0.717) is 37.4 Å². The summed E-state index contributed by atoms with van der Waals surface area (Å²) in [5.74, 6) is -1.13. The van der Waals surface area contributed by atoms with Gasteiger partial charge >= 0.3 is 0 Å². The van der Waals surface area contributed by atoms with Crippen LogP contribution in [0.1, 0.15) is 30.0 Å². The largest absolute Gasteiger partial charge is 0.356 e. The molecule has 0 radical (unpaired) electrons. The summed E-state index contributed by atoms with van der Waals surface area (Å²) >= 11 is 0. The van der Waals surface area contributed by atoms with Crippen molar-refractivity contribution in [2.24, 2.45) is 0 Å². The van der Waals surface area contributed by atoms with Crippen LogP contribution in [0.5, 0.6) is 0 Å². The molecule has 6 rings (SSSR count). The van der Waals surface area contributed by atoms with Crippen LogP contribution in [0.2, 0.25) is 0 Å². The molecule has 0 saturated carbocycles. The van der Waals surface area contributed by atoms with Gasteiger partial charge in [0.2, 0.25) is 15.8 Å². The van der Waals surface area contributed by atoms with E-state index in [-0.39, 0.29) is 23.2 Å². The number of benzene rings is 2. The van der Waals surface area contributed by atoms with Gasteiger partial charge in [-0.1, -0.05) is 23.4 Å². The quantitative estimate of drug-likeness (QED) is 0.559. The Morgan fingerprint density at radius 1 is 1.06 bits per heavy atom. The summed E-state index contributed by atoms with van der Waals surface area (Å²) in [5, 5.41) is 5.07. The molecule has 4 heterocycles. The second-order valence-corrected chi connectivity index (χ2v) is 11.0. The van der Waals surface area contributed by atoms with E-state index in [0.717, 1.165) is 37.0 Å². The Balaban J connectivity index is 1.13. The topological polar surface area (TPSA) is 85.1 Å². The van der Waals surface area contributed by atoms with E-state index in [9.17, 15) is 12.8 Å². The van der Waals surface area contributed by atoms with Crippen molar-refractivity contribution in [1.29, 1.82) is 0 Å². The molecule has 34 heavy (non-hydrogen) atoms. The molecule has 3 aliphatic rings. The van der Waals surface area contributed by atoms with Gasteiger partial charge in [-0.2, -0.15) is 4.31 Å². The molecular weight excluding hydrogens is 461 g/mol. The molecule has 3 aromatic rings. The van der Waals surface area contributed by atoms with Crippen molar-refractivity contribution >= 4 is 21.0 Å². The molecule has 1 aromatic heterocycles. The van der Waals surface area contributed by atoms with Crippen molar-refractivity contribution in [2.45, 2.75) is 29.4 Å². The lowest BCUT2D eigenvalue weighted by Gasteiger charge is -2.40. The first-order valence-electron chi connectivity index (χ1n) is 11.6. The highest BCUT2D eigenvalue weighted by molar-refractivity contribution is 7.89. The van der Waals surface area contributed by atoms with Crippen LogP contribution < -0.4 is 0 Å². The Hall–Kier alpha value is -2.37. The summed E-state index contributed by atoms with van der Waals surface area (Å²) in [6.07, 6.45) is 1.76. The van der Waals surface area contributed by atoms with Gasteiger partial charge in [0.1, 0.15) is 5.82 Å². The number of fused-ring (bicyclic) bond motifs is 3. The maximum atomic E-state index is 13.5. The van der Waals surface area contributed by atoms with E-state index in [1.807, 2.05) is 6.07 Å². The molecule has 8 nitrogen and oxygen atoms in total. The van der Waals surface area contributed by atoms with E-state index in [4.69, 9.17) is 14.0 Å². The van der Waals surface area contributed by atoms with Crippen molar-refractivity contribution in [3.63, 3.8) is 0 Å². The normalized spacial score (nSPS) is 23.0.